The summed E-state index contributed by atoms with van der Waals surface area (Å²) in [6.07, 6.45) is -1.37. The summed E-state index contributed by atoms with van der Waals surface area (Å²) in [6.45, 7) is 2.32. The van der Waals surface area contributed by atoms with E-state index in [1.54, 1.807) is 4.90 Å². The lowest BCUT2D eigenvalue weighted by atomic mass is 9.93. The van der Waals surface area contributed by atoms with Gasteiger partial charge < -0.3 is 10.2 Å². The smallest absolute Gasteiger partial charge is 0.339 e. The first-order chi connectivity index (χ1) is 10.4. The second-order valence-corrected chi connectivity index (χ2v) is 5.70. The fourth-order valence-corrected chi connectivity index (χ4v) is 2.76. The molecule has 1 aliphatic rings. The predicted octanol–water partition coefficient (Wildman–Crippen LogP) is 3.59. The summed E-state index contributed by atoms with van der Waals surface area (Å²) >= 11 is 0. The maximum Gasteiger partial charge on any atom is 0.416 e. The largest absolute Gasteiger partial charge is 0.416 e. The second kappa shape index (κ2) is 8.55. The number of halogens is 4. The third-order valence-corrected chi connectivity index (χ3v) is 4.16. The number of carbonyl (C=O) groups excluding carboxylic acids is 1. The van der Waals surface area contributed by atoms with Gasteiger partial charge in [0.05, 0.1) is 5.56 Å². The van der Waals surface area contributed by atoms with Crippen molar-refractivity contribution in [2.24, 2.45) is 5.92 Å². The van der Waals surface area contributed by atoms with Gasteiger partial charge in [0.15, 0.2) is 0 Å². The molecule has 1 aromatic carbocycles. The van der Waals surface area contributed by atoms with Gasteiger partial charge >= 0.3 is 6.18 Å². The maximum atomic E-state index is 12.5. The minimum Gasteiger partial charge on any atom is -0.339 e. The zero-order valence-electron chi connectivity index (χ0n) is 13.0. The van der Waals surface area contributed by atoms with Gasteiger partial charge in [0.2, 0.25) is 0 Å². The first-order valence-electron chi connectivity index (χ1n) is 7.53. The van der Waals surface area contributed by atoms with Gasteiger partial charge in [-0.05, 0) is 63.0 Å². The number of likely N-dealkylation sites (tertiary alicyclic amines) is 1. The van der Waals surface area contributed by atoms with Crippen molar-refractivity contribution < 1.29 is 18.0 Å². The number of nitrogens with zero attached hydrogens (tertiary/aromatic N) is 1. The van der Waals surface area contributed by atoms with Crippen molar-refractivity contribution in [2.45, 2.75) is 25.4 Å². The van der Waals surface area contributed by atoms with Crippen LogP contribution in [0.4, 0.5) is 13.2 Å². The molecule has 1 fully saturated rings. The average molecular weight is 351 g/mol. The van der Waals surface area contributed by atoms with Crippen molar-refractivity contribution in [1.29, 1.82) is 0 Å². The van der Waals surface area contributed by atoms with Crippen LogP contribution in [0.5, 0.6) is 0 Å². The summed E-state index contributed by atoms with van der Waals surface area (Å²) in [5.74, 6) is 0.435. The number of rotatable bonds is 4. The van der Waals surface area contributed by atoms with Crippen LogP contribution in [0.15, 0.2) is 24.3 Å². The molecule has 0 aromatic heterocycles. The number of alkyl halides is 3. The van der Waals surface area contributed by atoms with E-state index in [-0.39, 0.29) is 18.3 Å². The van der Waals surface area contributed by atoms with Crippen LogP contribution in [0.25, 0.3) is 0 Å². The van der Waals surface area contributed by atoms with Gasteiger partial charge in [-0.15, -0.1) is 12.4 Å². The summed E-state index contributed by atoms with van der Waals surface area (Å²) in [4.78, 5) is 14.0. The van der Waals surface area contributed by atoms with E-state index in [1.807, 2.05) is 7.05 Å². The van der Waals surface area contributed by atoms with Crippen LogP contribution in [0, 0.1) is 5.92 Å². The Balaban J connectivity index is 0.00000264. The number of hydrogen-bond donors (Lipinski definition) is 1. The van der Waals surface area contributed by atoms with E-state index in [4.69, 9.17) is 0 Å². The highest BCUT2D eigenvalue weighted by Gasteiger charge is 2.30. The molecule has 1 heterocycles. The fourth-order valence-electron chi connectivity index (χ4n) is 2.76. The molecule has 1 N–H and O–H groups in total. The molecule has 7 heteroatoms. The van der Waals surface area contributed by atoms with Crippen molar-refractivity contribution >= 4 is 18.3 Å². The first-order valence-corrected chi connectivity index (χ1v) is 7.53. The van der Waals surface area contributed by atoms with Crippen LogP contribution in [0.3, 0.4) is 0 Å². The molecule has 2 rings (SSSR count). The van der Waals surface area contributed by atoms with Gasteiger partial charge in [0.25, 0.3) is 5.91 Å². The lowest BCUT2D eigenvalue weighted by Gasteiger charge is -2.32. The molecule has 0 radical (unpaired) electrons. The van der Waals surface area contributed by atoms with Gasteiger partial charge in [-0.2, -0.15) is 13.2 Å². The van der Waals surface area contributed by atoms with E-state index in [0.717, 1.165) is 37.9 Å². The van der Waals surface area contributed by atoms with Crippen molar-refractivity contribution in [2.75, 3.05) is 26.7 Å². The Morgan fingerprint density at radius 3 is 2.26 bits per heavy atom. The predicted molar refractivity (Wildman–Crippen MR) is 85.9 cm³/mol. The van der Waals surface area contributed by atoms with Gasteiger partial charge in [0.1, 0.15) is 0 Å². The Labute approximate surface area is 140 Å². The molecular formula is C16H22ClF3N2O. The van der Waals surface area contributed by atoms with Crippen LogP contribution < -0.4 is 5.32 Å². The Bertz CT molecular complexity index is 497. The molecule has 130 valence electrons. The Kier molecular flexibility index (Phi) is 7.35. The number of benzene rings is 1. The van der Waals surface area contributed by atoms with Gasteiger partial charge in [0, 0.05) is 18.7 Å². The van der Waals surface area contributed by atoms with E-state index in [9.17, 15) is 18.0 Å². The number of nitrogens with one attached hydrogen (secondary N) is 1. The van der Waals surface area contributed by atoms with E-state index < -0.39 is 11.7 Å². The molecule has 0 aliphatic carbocycles. The lowest BCUT2D eigenvalue weighted by Crippen LogP contribution is -2.39. The number of amides is 1. The van der Waals surface area contributed by atoms with Gasteiger partial charge in [-0.3, -0.25) is 4.79 Å². The summed E-state index contributed by atoms with van der Waals surface area (Å²) in [5, 5.41) is 3.12. The van der Waals surface area contributed by atoms with Crippen LogP contribution in [0.1, 0.15) is 35.2 Å². The summed E-state index contributed by atoms with van der Waals surface area (Å²) in [5.41, 5.74) is -0.406. The highest BCUT2D eigenvalue weighted by Crippen LogP contribution is 2.29. The monoisotopic (exact) mass is 350 g/mol. The average Bonchev–Trinajstić information content (AvgIpc) is 2.52. The van der Waals surface area contributed by atoms with Crippen LogP contribution in [-0.4, -0.2) is 37.5 Å². The van der Waals surface area contributed by atoms with Crippen molar-refractivity contribution in [3.8, 4) is 0 Å². The first kappa shape index (κ1) is 19.8. The number of carbonyl (C=O) groups is 1. The third-order valence-electron chi connectivity index (χ3n) is 4.16. The molecular weight excluding hydrogens is 329 g/mol. The SMILES string of the molecule is CNCCC1CCN(C(=O)c2ccc(C(F)(F)F)cc2)CC1.Cl. The molecule has 1 aromatic rings. The minimum atomic E-state index is -4.37. The molecule has 0 saturated carbocycles. The molecule has 1 aliphatic heterocycles. The standard InChI is InChI=1S/C16H21F3N2O.ClH/c1-20-9-6-12-7-10-21(11-8-12)15(22)13-2-4-14(5-3-13)16(17,18)19;/h2-5,12,20H,6-11H2,1H3;1H. The highest BCUT2D eigenvalue weighted by atomic mass is 35.5. The zero-order chi connectivity index (χ0) is 16.2. The molecule has 23 heavy (non-hydrogen) atoms. The Hall–Kier alpha value is -1.27. The molecule has 0 unspecified atom stereocenters. The van der Waals surface area contributed by atoms with E-state index in [2.05, 4.69) is 5.32 Å². The van der Waals surface area contributed by atoms with E-state index in [1.165, 1.54) is 12.1 Å². The maximum absolute atomic E-state index is 12.5. The van der Waals surface area contributed by atoms with Gasteiger partial charge in [-0.25, -0.2) is 0 Å². The fraction of sp³-hybridized carbons (Fsp3) is 0.562. The van der Waals surface area contributed by atoms with Crippen molar-refractivity contribution in [3.05, 3.63) is 35.4 Å². The number of piperidine rings is 1. The van der Waals surface area contributed by atoms with E-state index in [0.29, 0.717) is 24.6 Å². The van der Waals surface area contributed by atoms with E-state index >= 15 is 0 Å². The lowest BCUT2D eigenvalue weighted by molar-refractivity contribution is -0.137. The van der Waals surface area contributed by atoms with Gasteiger partial charge in [-0.1, -0.05) is 0 Å². The third kappa shape index (κ3) is 5.39. The quantitative estimate of drug-likeness (QED) is 0.900. The van der Waals surface area contributed by atoms with Crippen LogP contribution in [0.2, 0.25) is 0 Å². The second-order valence-electron chi connectivity index (χ2n) is 5.70. The summed E-state index contributed by atoms with van der Waals surface area (Å²) in [7, 11) is 1.92. The molecule has 1 amide bonds. The summed E-state index contributed by atoms with van der Waals surface area (Å²) < 4.78 is 37.6. The zero-order valence-corrected chi connectivity index (χ0v) is 13.8. The molecule has 1 saturated heterocycles. The minimum absolute atomic E-state index is 0. The van der Waals surface area contributed by atoms with Crippen molar-refractivity contribution in [3.63, 3.8) is 0 Å². The summed E-state index contributed by atoms with van der Waals surface area (Å²) in [6, 6.07) is 4.45. The normalized spacial score (nSPS) is 16.1. The Morgan fingerprint density at radius 2 is 1.78 bits per heavy atom. The highest BCUT2D eigenvalue weighted by molar-refractivity contribution is 5.94. The molecule has 3 nitrogen and oxygen atoms in total. The molecule has 0 bridgehead atoms. The molecule has 0 spiro atoms. The molecule has 0 atom stereocenters. The topological polar surface area (TPSA) is 32.3 Å². The van der Waals surface area contributed by atoms with Crippen LogP contribution >= 0.6 is 12.4 Å². The van der Waals surface area contributed by atoms with Crippen LogP contribution in [-0.2, 0) is 6.18 Å². The van der Waals surface area contributed by atoms with Crippen molar-refractivity contribution in [1.82, 2.24) is 10.2 Å². The Morgan fingerprint density at radius 1 is 1.22 bits per heavy atom. The number of hydrogen-bond acceptors (Lipinski definition) is 2.